The summed E-state index contributed by atoms with van der Waals surface area (Å²) in [6.45, 7) is 2.29. The molecule has 0 saturated carbocycles. The molecule has 3 aromatic rings. The molecule has 0 atom stereocenters. The van der Waals surface area contributed by atoms with Crippen LogP contribution in [0.15, 0.2) is 57.7 Å². The van der Waals surface area contributed by atoms with Crippen molar-refractivity contribution in [1.29, 1.82) is 0 Å². The maximum atomic E-state index is 12.2. The zero-order chi connectivity index (χ0) is 17.8. The quantitative estimate of drug-likeness (QED) is 0.701. The lowest BCUT2D eigenvalue weighted by Crippen LogP contribution is -2.24. The van der Waals surface area contributed by atoms with Crippen LogP contribution in [-0.4, -0.2) is 11.0 Å². The van der Waals surface area contributed by atoms with Gasteiger partial charge in [0.15, 0.2) is 0 Å². The van der Waals surface area contributed by atoms with E-state index in [2.05, 4.69) is 5.32 Å². The third-order valence-corrected chi connectivity index (χ3v) is 4.21. The number of fused-ring (bicyclic) bond motifs is 1. The first-order valence-electron chi connectivity index (χ1n) is 8.10. The van der Waals surface area contributed by atoms with Gasteiger partial charge >= 0.3 is 5.63 Å². The minimum Gasteiger partial charge on any atom is -0.508 e. The minimum absolute atomic E-state index is 0.0445. The fourth-order valence-electron chi connectivity index (χ4n) is 2.80. The molecule has 0 radical (unpaired) electrons. The Balaban J connectivity index is 1.69. The van der Waals surface area contributed by atoms with E-state index in [1.165, 1.54) is 6.07 Å². The lowest BCUT2D eigenvalue weighted by atomic mass is 10.0. The summed E-state index contributed by atoms with van der Waals surface area (Å²) in [7, 11) is 0. The molecular formula is C20H19NO4. The molecule has 0 aliphatic heterocycles. The van der Waals surface area contributed by atoms with Crippen LogP contribution in [0.5, 0.6) is 5.75 Å². The van der Waals surface area contributed by atoms with Gasteiger partial charge in [-0.3, -0.25) is 4.79 Å². The first kappa shape index (κ1) is 16.8. The van der Waals surface area contributed by atoms with Gasteiger partial charge in [0.05, 0.1) is 0 Å². The predicted octanol–water partition coefficient (Wildman–Crippen LogP) is 3.06. The molecule has 5 nitrogen and oxygen atoms in total. The molecule has 25 heavy (non-hydrogen) atoms. The van der Waals surface area contributed by atoms with E-state index in [9.17, 15) is 14.7 Å². The second-order valence-electron chi connectivity index (χ2n) is 5.94. The van der Waals surface area contributed by atoms with Gasteiger partial charge in [0.2, 0.25) is 5.91 Å². The summed E-state index contributed by atoms with van der Waals surface area (Å²) in [5, 5.41) is 13.1. The molecule has 0 aliphatic carbocycles. The van der Waals surface area contributed by atoms with E-state index in [4.69, 9.17) is 4.42 Å². The molecule has 1 heterocycles. The summed E-state index contributed by atoms with van der Waals surface area (Å²) in [6.07, 6.45) is 0.521. The number of nitrogens with one attached hydrogen (secondary N) is 1. The molecule has 5 heteroatoms. The average molecular weight is 337 g/mol. The van der Waals surface area contributed by atoms with Gasteiger partial charge in [-0.05, 0) is 36.6 Å². The van der Waals surface area contributed by atoms with Crippen LogP contribution >= 0.6 is 0 Å². The number of phenols is 1. The maximum absolute atomic E-state index is 12.2. The van der Waals surface area contributed by atoms with Crippen molar-refractivity contribution in [3.63, 3.8) is 0 Å². The number of aromatic hydroxyl groups is 1. The second kappa shape index (κ2) is 7.21. The van der Waals surface area contributed by atoms with Crippen LogP contribution in [0.3, 0.4) is 0 Å². The highest BCUT2D eigenvalue weighted by Crippen LogP contribution is 2.23. The van der Waals surface area contributed by atoms with Crippen LogP contribution in [0, 0.1) is 6.92 Å². The van der Waals surface area contributed by atoms with Crippen molar-refractivity contribution >= 4 is 16.9 Å². The maximum Gasteiger partial charge on any atom is 0.339 e. The highest BCUT2D eigenvalue weighted by atomic mass is 16.4. The van der Waals surface area contributed by atoms with Crippen LogP contribution < -0.4 is 10.9 Å². The Morgan fingerprint density at radius 2 is 1.92 bits per heavy atom. The Kier molecular flexibility index (Phi) is 4.84. The van der Waals surface area contributed by atoms with Gasteiger partial charge in [-0.1, -0.05) is 30.3 Å². The number of aryl methyl sites for hydroxylation is 1. The molecule has 128 valence electrons. The van der Waals surface area contributed by atoms with E-state index in [0.29, 0.717) is 24.1 Å². The molecule has 0 spiro atoms. The van der Waals surface area contributed by atoms with Crippen molar-refractivity contribution < 1.29 is 14.3 Å². The topological polar surface area (TPSA) is 79.5 Å². The van der Waals surface area contributed by atoms with Crippen molar-refractivity contribution in [1.82, 2.24) is 5.32 Å². The molecule has 2 aromatic carbocycles. The molecule has 0 unspecified atom stereocenters. The fourth-order valence-corrected chi connectivity index (χ4v) is 2.80. The van der Waals surface area contributed by atoms with Crippen molar-refractivity contribution in [3.8, 4) is 5.75 Å². The van der Waals surface area contributed by atoms with Crippen LogP contribution in [0.4, 0.5) is 0 Å². The Morgan fingerprint density at radius 1 is 1.16 bits per heavy atom. The molecule has 3 rings (SSSR count). The number of hydrogen-bond acceptors (Lipinski definition) is 4. The Hall–Kier alpha value is -3.08. The van der Waals surface area contributed by atoms with Crippen LogP contribution in [0.2, 0.25) is 0 Å². The van der Waals surface area contributed by atoms with Crippen molar-refractivity contribution in [3.05, 3.63) is 75.6 Å². The van der Waals surface area contributed by atoms with Crippen LogP contribution in [0.1, 0.15) is 23.1 Å². The number of rotatable bonds is 5. The Morgan fingerprint density at radius 3 is 2.68 bits per heavy atom. The average Bonchev–Trinajstić information content (AvgIpc) is 2.60. The first-order valence-corrected chi connectivity index (χ1v) is 8.10. The summed E-state index contributed by atoms with van der Waals surface area (Å²) in [5.41, 5.74) is 2.18. The standard InChI is InChI=1S/C20H19NO4/c1-13-16-8-7-15(22)11-18(16)25-20(24)17(13)9-10-19(23)21-12-14-5-3-2-4-6-14/h2-8,11,22H,9-10,12H2,1H3,(H,21,23). The van der Waals surface area contributed by atoms with Crippen LogP contribution in [0.25, 0.3) is 11.0 Å². The van der Waals surface area contributed by atoms with E-state index in [0.717, 1.165) is 16.5 Å². The number of hydrogen-bond donors (Lipinski definition) is 2. The van der Waals surface area contributed by atoms with E-state index < -0.39 is 5.63 Å². The SMILES string of the molecule is Cc1c(CCC(=O)NCc2ccccc2)c(=O)oc2cc(O)ccc12. The van der Waals surface area contributed by atoms with Gasteiger partial charge in [-0.25, -0.2) is 4.79 Å². The van der Waals surface area contributed by atoms with E-state index >= 15 is 0 Å². The van der Waals surface area contributed by atoms with Crippen molar-refractivity contribution in [2.24, 2.45) is 0 Å². The number of carbonyl (C=O) groups is 1. The molecule has 1 aromatic heterocycles. The third-order valence-electron chi connectivity index (χ3n) is 4.21. The number of phenolic OH excluding ortho intramolecular Hbond substituents is 1. The predicted molar refractivity (Wildman–Crippen MR) is 95.5 cm³/mol. The van der Waals surface area contributed by atoms with Crippen LogP contribution in [-0.2, 0) is 17.8 Å². The van der Waals surface area contributed by atoms with Gasteiger partial charge in [-0.2, -0.15) is 0 Å². The third kappa shape index (κ3) is 3.88. The molecule has 0 aliphatic rings. The summed E-state index contributed by atoms with van der Waals surface area (Å²) in [6, 6.07) is 14.3. The zero-order valence-electron chi connectivity index (χ0n) is 13.9. The molecule has 0 bridgehead atoms. The lowest BCUT2D eigenvalue weighted by molar-refractivity contribution is -0.121. The van der Waals surface area contributed by atoms with Crippen molar-refractivity contribution in [2.45, 2.75) is 26.3 Å². The summed E-state index contributed by atoms with van der Waals surface area (Å²) >= 11 is 0. The van der Waals surface area contributed by atoms with Gasteiger partial charge < -0.3 is 14.8 Å². The number of amides is 1. The van der Waals surface area contributed by atoms with E-state index in [-0.39, 0.29) is 18.1 Å². The summed E-state index contributed by atoms with van der Waals surface area (Å²) < 4.78 is 5.27. The summed E-state index contributed by atoms with van der Waals surface area (Å²) in [5.74, 6) is -0.0726. The molecule has 2 N–H and O–H groups in total. The lowest BCUT2D eigenvalue weighted by Gasteiger charge is -2.08. The largest absolute Gasteiger partial charge is 0.508 e. The molecule has 1 amide bonds. The normalized spacial score (nSPS) is 10.8. The molecular weight excluding hydrogens is 318 g/mol. The van der Waals surface area contributed by atoms with Gasteiger partial charge in [0.1, 0.15) is 11.3 Å². The van der Waals surface area contributed by atoms with E-state index in [1.807, 2.05) is 37.3 Å². The number of benzene rings is 2. The highest BCUT2D eigenvalue weighted by Gasteiger charge is 2.13. The van der Waals surface area contributed by atoms with E-state index in [1.54, 1.807) is 12.1 Å². The Bertz CT molecular complexity index is 961. The zero-order valence-corrected chi connectivity index (χ0v) is 13.9. The van der Waals surface area contributed by atoms with Gasteiger partial charge in [0, 0.05) is 30.0 Å². The van der Waals surface area contributed by atoms with Gasteiger partial charge in [-0.15, -0.1) is 0 Å². The summed E-state index contributed by atoms with van der Waals surface area (Å²) in [4.78, 5) is 24.2. The van der Waals surface area contributed by atoms with Crippen molar-refractivity contribution in [2.75, 3.05) is 0 Å². The monoisotopic (exact) mass is 337 g/mol. The van der Waals surface area contributed by atoms with Gasteiger partial charge in [0.25, 0.3) is 0 Å². The molecule has 0 fully saturated rings. The second-order valence-corrected chi connectivity index (χ2v) is 5.94. The first-order chi connectivity index (χ1) is 12.0. The number of carbonyl (C=O) groups excluding carboxylic acids is 1. The Labute approximate surface area is 144 Å². The highest BCUT2D eigenvalue weighted by molar-refractivity contribution is 5.82. The minimum atomic E-state index is -0.466. The smallest absolute Gasteiger partial charge is 0.339 e. The molecule has 0 saturated heterocycles. The fraction of sp³-hybridized carbons (Fsp3) is 0.200.